The predicted molar refractivity (Wildman–Crippen MR) is 24.2 cm³/mol. The molecule has 0 aromatic heterocycles. The monoisotopic (exact) mass is 89.0 g/mol. The molecule has 1 aliphatic heterocycles. The zero-order valence-corrected chi connectivity index (χ0v) is 4.08. The van der Waals surface area contributed by atoms with E-state index >= 15 is 0 Å². The normalized spacial score (nSPS) is 36.0. The number of hydrogen-bond acceptors (Lipinski definition) is 0. The molecule has 1 fully saturated rings. The third-order valence-electron chi connectivity index (χ3n) is 0.289. The Balaban J connectivity index is 2.00. The summed E-state index contributed by atoms with van der Waals surface area (Å²) >= 11 is 0. The minimum absolute atomic E-state index is 0.958. The molecular formula is C2H3P2-. The fourth-order valence-corrected chi connectivity index (χ4v) is 0.650. The highest BCUT2D eigenvalue weighted by atomic mass is 31.2. The fraction of sp³-hybridized carbons (Fsp3) is 0. The van der Waals surface area contributed by atoms with Crippen molar-refractivity contribution >= 4 is 17.2 Å². The van der Waals surface area contributed by atoms with Crippen LogP contribution in [0, 0.1) is 11.8 Å². The smallest absolute Gasteiger partial charge is 0.0604 e. The molecular weight excluding hydrogens is 86.0 g/mol. The molecule has 0 spiro atoms. The van der Waals surface area contributed by atoms with Crippen LogP contribution in [0.1, 0.15) is 0 Å². The van der Waals surface area contributed by atoms with Gasteiger partial charge in [-0.1, -0.05) is 5.90 Å². The van der Waals surface area contributed by atoms with E-state index in [1.54, 1.807) is 0 Å². The molecule has 1 rings (SSSR count). The van der Waals surface area contributed by atoms with Gasteiger partial charge in [0.25, 0.3) is 0 Å². The molecule has 0 bridgehead atoms. The summed E-state index contributed by atoms with van der Waals surface area (Å²) in [5, 5.41) is 0. The highest BCUT2D eigenvalue weighted by Crippen LogP contribution is 2.51. The zero-order chi connectivity index (χ0) is 2.83. The summed E-state index contributed by atoms with van der Waals surface area (Å²) in [6, 6.07) is 0. The maximum atomic E-state index is 3.11. The average molecular weight is 89.0 g/mol. The maximum Gasteiger partial charge on any atom is -0.0604 e. The van der Waals surface area contributed by atoms with E-state index in [2.05, 4.69) is 11.8 Å². The molecule has 22 valence electrons. The van der Waals surface area contributed by atoms with Crippen molar-refractivity contribution in [3.63, 3.8) is 0 Å². The van der Waals surface area contributed by atoms with Crippen LogP contribution in [0.25, 0.3) is 0 Å². The summed E-state index contributed by atoms with van der Waals surface area (Å²) in [4.78, 5) is 0. The molecule has 0 aromatic rings. The molecule has 0 aliphatic carbocycles. The summed E-state index contributed by atoms with van der Waals surface area (Å²) in [5.74, 6) is 5.36. The van der Waals surface area contributed by atoms with E-state index in [9.17, 15) is 0 Å². The van der Waals surface area contributed by atoms with Crippen LogP contribution in [0.3, 0.4) is 0 Å². The van der Waals surface area contributed by atoms with Crippen LogP contribution >= 0.6 is 17.2 Å². The van der Waals surface area contributed by atoms with Crippen molar-refractivity contribution < 1.29 is 0 Å². The van der Waals surface area contributed by atoms with Crippen LogP contribution in [0.4, 0.5) is 0 Å². The number of hydrogen-bond donors (Lipinski definition) is 0. The van der Waals surface area contributed by atoms with Gasteiger partial charge in [0.1, 0.15) is 0 Å². The van der Waals surface area contributed by atoms with Crippen molar-refractivity contribution in [2.45, 2.75) is 0 Å². The lowest BCUT2D eigenvalue weighted by atomic mass is 11.8. The summed E-state index contributed by atoms with van der Waals surface area (Å²) in [5.41, 5.74) is 0. The van der Waals surface area contributed by atoms with Crippen LogP contribution in [0.15, 0.2) is 0 Å². The second-order valence-corrected chi connectivity index (χ2v) is 3.29. The van der Waals surface area contributed by atoms with E-state index in [4.69, 9.17) is 0 Å². The second-order valence-electron chi connectivity index (χ2n) is 0.558. The lowest BCUT2D eigenvalue weighted by molar-refractivity contribution is 2.37. The van der Waals surface area contributed by atoms with Gasteiger partial charge in [-0.25, -0.2) is 0 Å². The minimum atomic E-state index is 0.958. The fourth-order valence-electron chi connectivity index (χ4n) is 0.0722. The van der Waals surface area contributed by atoms with Crippen LogP contribution < -0.4 is 0 Å². The third-order valence-corrected chi connectivity index (χ3v) is 2.60. The molecule has 1 saturated heterocycles. The topological polar surface area (TPSA) is 0 Å². The molecule has 2 atom stereocenters. The molecule has 0 nitrogen and oxygen atoms in total. The zero-order valence-electron chi connectivity index (χ0n) is 2.08. The first-order valence-electron chi connectivity index (χ1n) is 1.08. The van der Waals surface area contributed by atoms with Gasteiger partial charge >= 0.3 is 0 Å². The van der Waals surface area contributed by atoms with Gasteiger partial charge in [-0.3, -0.25) is 17.2 Å². The number of rotatable bonds is 0. The van der Waals surface area contributed by atoms with Crippen molar-refractivity contribution in [1.82, 2.24) is 0 Å². The van der Waals surface area contributed by atoms with Crippen LogP contribution in [0.5, 0.6) is 0 Å². The highest BCUT2D eigenvalue weighted by molar-refractivity contribution is 7.80. The molecule has 2 unspecified atom stereocenters. The Morgan fingerprint density at radius 2 is 1.75 bits per heavy atom. The van der Waals surface area contributed by atoms with E-state index in [-0.39, 0.29) is 0 Å². The summed E-state index contributed by atoms with van der Waals surface area (Å²) in [6.07, 6.45) is 0. The summed E-state index contributed by atoms with van der Waals surface area (Å²) < 4.78 is 0. The predicted octanol–water partition coefficient (Wildman–Crippen LogP) is 1.47. The lowest BCUT2D eigenvalue weighted by Crippen LogP contribution is -1.57. The van der Waals surface area contributed by atoms with E-state index < -0.39 is 0 Å². The van der Waals surface area contributed by atoms with E-state index in [0.29, 0.717) is 0 Å². The van der Waals surface area contributed by atoms with Crippen LogP contribution in [0.2, 0.25) is 0 Å². The first kappa shape index (κ1) is 3.07. The Bertz CT molecular complexity index is 12.0. The third kappa shape index (κ3) is 0.419. The Hall–Kier alpha value is 0.860. The van der Waals surface area contributed by atoms with Gasteiger partial charge in [0, 0.05) is 0 Å². The molecule has 0 saturated carbocycles. The van der Waals surface area contributed by atoms with Gasteiger partial charge in [0.15, 0.2) is 0 Å². The molecule has 0 aromatic carbocycles. The van der Waals surface area contributed by atoms with Crippen molar-refractivity contribution in [2.75, 3.05) is 0 Å². The summed E-state index contributed by atoms with van der Waals surface area (Å²) in [6.45, 7) is 0. The van der Waals surface area contributed by atoms with E-state index in [0.717, 1.165) is 17.2 Å². The average Bonchev–Trinajstić information content (AvgIpc) is 0.722. The molecule has 0 amide bonds. The molecule has 1 heterocycles. The highest BCUT2D eigenvalue weighted by Gasteiger charge is 1.74. The second kappa shape index (κ2) is 1.34. The van der Waals surface area contributed by atoms with E-state index in [1.165, 1.54) is 0 Å². The first-order chi connectivity index (χ1) is 2.00. The van der Waals surface area contributed by atoms with Crippen LogP contribution in [-0.4, -0.2) is 0 Å². The summed E-state index contributed by atoms with van der Waals surface area (Å²) in [7, 11) is 1.92. The molecule has 4 heavy (non-hydrogen) atoms. The molecule has 1 aliphatic rings. The van der Waals surface area contributed by atoms with Gasteiger partial charge in [-0.2, -0.15) is 0 Å². The van der Waals surface area contributed by atoms with Crippen molar-refractivity contribution in [1.29, 1.82) is 0 Å². The Labute approximate surface area is 29.9 Å². The first-order valence-corrected chi connectivity index (χ1v) is 3.23. The molecule has 2 heteroatoms. The SMILES string of the molecule is [C-]1P[CH]P1. The molecule has 0 N–H and O–H groups in total. The quantitative estimate of drug-likeness (QED) is 0.311. The van der Waals surface area contributed by atoms with Gasteiger partial charge in [0.05, 0.1) is 0 Å². The largest absolute Gasteiger partial charge is 0.419 e. The van der Waals surface area contributed by atoms with Gasteiger partial charge in [-0.15, -0.1) is 0 Å². The lowest BCUT2D eigenvalue weighted by Gasteiger charge is -2.28. The minimum Gasteiger partial charge on any atom is -0.419 e. The van der Waals surface area contributed by atoms with E-state index in [1.807, 2.05) is 0 Å². The maximum absolute atomic E-state index is 3.11. The van der Waals surface area contributed by atoms with Crippen LogP contribution in [-0.2, 0) is 0 Å². The standard InChI is InChI=1S/C2H3P2/c1-3-2-4-1/h1,3-4H/q-1. The van der Waals surface area contributed by atoms with Gasteiger partial charge < -0.3 is 5.90 Å². The van der Waals surface area contributed by atoms with Gasteiger partial charge in [-0.05, 0) is 0 Å². The Kier molecular flexibility index (Phi) is 1.02. The van der Waals surface area contributed by atoms with Crippen molar-refractivity contribution in [3.05, 3.63) is 11.8 Å². The van der Waals surface area contributed by atoms with Gasteiger partial charge in [0.2, 0.25) is 0 Å². The Morgan fingerprint density at radius 3 is 1.75 bits per heavy atom. The molecule has 2 radical (unpaired) electrons. The van der Waals surface area contributed by atoms with Crippen molar-refractivity contribution in [3.8, 4) is 0 Å². The Morgan fingerprint density at radius 1 is 1.50 bits per heavy atom. The van der Waals surface area contributed by atoms with Crippen molar-refractivity contribution in [2.24, 2.45) is 0 Å².